The monoisotopic (exact) mass is 531 g/mol. The molecule has 0 aliphatic heterocycles. The van der Waals surface area contributed by atoms with E-state index in [-0.39, 0.29) is 5.91 Å². The normalized spacial score (nSPS) is 25.4. The van der Waals surface area contributed by atoms with E-state index < -0.39 is 0 Å². The van der Waals surface area contributed by atoms with E-state index in [9.17, 15) is 4.79 Å². The van der Waals surface area contributed by atoms with Crippen LogP contribution in [-0.2, 0) is 4.79 Å². The molecule has 0 spiro atoms. The van der Waals surface area contributed by atoms with Crippen LogP contribution >= 0.6 is 34.2 Å². The fourth-order valence-corrected chi connectivity index (χ4v) is 6.19. The van der Waals surface area contributed by atoms with Gasteiger partial charge in [0.25, 0.3) is 0 Å². The largest absolute Gasteiger partial charge is 0.325 e. The number of fused-ring (bicyclic) bond motifs is 2. The van der Waals surface area contributed by atoms with Crippen molar-refractivity contribution in [1.82, 2.24) is 9.97 Å². The van der Waals surface area contributed by atoms with E-state index in [1.54, 1.807) is 18.3 Å². The molecule has 1 amide bonds. The highest BCUT2D eigenvalue weighted by atomic mass is 127. The van der Waals surface area contributed by atoms with E-state index in [1.165, 1.54) is 27.4 Å². The summed E-state index contributed by atoms with van der Waals surface area (Å²) < 4.78 is 1.26. The van der Waals surface area contributed by atoms with Crippen LogP contribution in [0, 0.1) is 21.3 Å². The summed E-state index contributed by atoms with van der Waals surface area (Å²) in [6.45, 7) is 0. The summed E-state index contributed by atoms with van der Waals surface area (Å²) in [6, 6.07) is 12.2. The van der Waals surface area contributed by atoms with Crippen LogP contribution in [0.3, 0.4) is 0 Å². The van der Waals surface area contributed by atoms with Crippen LogP contribution in [0.25, 0.3) is 10.9 Å². The molecule has 30 heavy (non-hydrogen) atoms. The van der Waals surface area contributed by atoms with Gasteiger partial charge in [0.1, 0.15) is 5.15 Å². The van der Waals surface area contributed by atoms with Gasteiger partial charge in [-0.05, 0) is 114 Å². The van der Waals surface area contributed by atoms with Gasteiger partial charge in [0, 0.05) is 21.6 Å². The summed E-state index contributed by atoms with van der Waals surface area (Å²) >= 11 is 8.19. The number of pyridine rings is 2. The Hall–Kier alpha value is -1.73. The minimum atomic E-state index is 0.0790. The molecular formula is C24H23ClIN3O. The van der Waals surface area contributed by atoms with Gasteiger partial charge in [-0.15, -0.1) is 0 Å². The Morgan fingerprint density at radius 3 is 2.60 bits per heavy atom. The first-order chi connectivity index (χ1) is 14.5. The second kappa shape index (κ2) is 8.42. The van der Waals surface area contributed by atoms with Gasteiger partial charge in [0.05, 0.1) is 17.4 Å². The molecule has 1 aromatic carbocycles. The average Bonchev–Trinajstić information content (AvgIpc) is 3.27. The van der Waals surface area contributed by atoms with Gasteiger partial charge in [-0.2, -0.15) is 0 Å². The first-order valence-corrected chi connectivity index (χ1v) is 12.0. The Balaban J connectivity index is 1.21. The van der Waals surface area contributed by atoms with E-state index >= 15 is 0 Å². The zero-order chi connectivity index (χ0) is 20.7. The van der Waals surface area contributed by atoms with Crippen LogP contribution in [0.2, 0.25) is 5.15 Å². The summed E-state index contributed by atoms with van der Waals surface area (Å²) in [6.07, 6.45) is 8.94. The molecule has 3 aromatic rings. The summed E-state index contributed by atoms with van der Waals surface area (Å²) in [5, 5.41) is 4.69. The number of carbonyl (C=O) groups excluding carboxylic acids is 1. The zero-order valence-electron chi connectivity index (χ0n) is 16.5. The average molecular weight is 532 g/mol. The third-order valence-corrected chi connectivity index (χ3v) is 7.67. The molecule has 2 aliphatic carbocycles. The van der Waals surface area contributed by atoms with Crippen molar-refractivity contribution in [3.05, 3.63) is 63.1 Å². The smallest absolute Gasteiger partial charge is 0.224 e. The number of aromatic nitrogens is 2. The van der Waals surface area contributed by atoms with Crippen molar-refractivity contribution in [3.63, 3.8) is 0 Å². The Bertz CT molecular complexity index is 1070. The highest BCUT2D eigenvalue weighted by molar-refractivity contribution is 14.1. The number of benzene rings is 1. The predicted octanol–water partition coefficient (Wildman–Crippen LogP) is 6.44. The number of nitrogens with one attached hydrogen (secondary N) is 1. The lowest BCUT2D eigenvalue weighted by molar-refractivity contribution is -0.117. The lowest BCUT2D eigenvalue weighted by atomic mass is 9.89. The standard InChI is InChI=1S/C24H23ClIN3O/c25-23-4-2-19(13-28-23)29-24(30)9-14-7-15-10-17(11-16(15)8-14)20-5-6-27-22-3-1-18(26)12-21(20)22/h1-6,12-17H,7-11H2,(H,29,30)/t14?,15-,16+,17?. The number of nitrogens with zero attached hydrogens (tertiary/aromatic N) is 2. The van der Waals surface area contributed by atoms with E-state index in [0.717, 1.165) is 30.2 Å². The van der Waals surface area contributed by atoms with Gasteiger partial charge in [0.15, 0.2) is 0 Å². The van der Waals surface area contributed by atoms with E-state index in [1.807, 2.05) is 6.20 Å². The lowest BCUT2D eigenvalue weighted by Gasteiger charge is -2.17. The van der Waals surface area contributed by atoms with Crippen LogP contribution in [0.4, 0.5) is 5.69 Å². The SMILES string of the molecule is O=C(CC1C[C@@H]2CC(c3ccnc4ccc(I)cc34)C[C@@H]2C1)Nc1ccc(Cl)nc1. The van der Waals surface area contributed by atoms with Gasteiger partial charge in [-0.1, -0.05) is 11.6 Å². The molecule has 2 saturated carbocycles. The molecule has 0 bridgehead atoms. The van der Waals surface area contributed by atoms with Crippen molar-refractivity contribution >= 4 is 56.7 Å². The first-order valence-electron chi connectivity index (χ1n) is 10.5. The fourth-order valence-electron chi connectivity index (χ4n) is 5.58. The molecule has 2 aromatic heterocycles. The summed E-state index contributed by atoms with van der Waals surface area (Å²) in [7, 11) is 0. The number of rotatable bonds is 4. The molecule has 0 saturated heterocycles. The van der Waals surface area contributed by atoms with E-state index in [0.29, 0.717) is 29.1 Å². The maximum Gasteiger partial charge on any atom is 0.224 e. The number of hydrogen-bond acceptors (Lipinski definition) is 3. The van der Waals surface area contributed by atoms with Gasteiger partial charge in [-0.3, -0.25) is 9.78 Å². The van der Waals surface area contributed by atoms with Crippen molar-refractivity contribution in [2.24, 2.45) is 17.8 Å². The molecule has 0 radical (unpaired) electrons. The van der Waals surface area contributed by atoms with Crippen molar-refractivity contribution in [1.29, 1.82) is 0 Å². The molecule has 4 atom stereocenters. The van der Waals surface area contributed by atoms with Crippen LogP contribution in [0.5, 0.6) is 0 Å². The Morgan fingerprint density at radius 1 is 1.07 bits per heavy atom. The third kappa shape index (κ3) is 4.19. The molecular weight excluding hydrogens is 509 g/mol. The molecule has 2 fully saturated rings. The van der Waals surface area contributed by atoms with E-state index in [4.69, 9.17) is 11.6 Å². The van der Waals surface area contributed by atoms with Crippen LogP contribution < -0.4 is 5.32 Å². The number of anilines is 1. The van der Waals surface area contributed by atoms with E-state index in [2.05, 4.69) is 62.1 Å². The fraction of sp³-hybridized carbons (Fsp3) is 0.375. The zero-order valence-corrected chi connectivity index (χ0v) is 19.4. The molecule has 154 valence electrons. The molecule has 6 heteroatoms. The minimum Gasteiger partial charge on any atom is -0.325 e. The maximum atomic E-state index is 12.5. The van der Waals surface area contributed by atoms with Crippen LogP contribution in [-0.4, -0.2) is 15.9 Å². The summed E-state index contributed by atoms with van der Waals surface area (Å²) in [5.41, 5.74) is 3.26. The summed E-state index contributed by atoms with van der Waals surface area (Å²) in [4.78, 5) is 21.0. The Morgan fingerprint density at radius 2 is 1.87 bits per heavy atom. The number of amides is 1. The second-order valence-electron chi connectivity index (χ2n) is 8.71. The number of hydrogen-bond donors (Lipinski definition) is 1. The predicted molar refractivity (Wildman–Crippen MR) is 129 cm³/mol. The van der Waals surface area contributed by atoms with Crippen molar-refractivity contribution in [2.45, 2.75) is 38.0 Å². The topological polar surface area (TPSA) is 54.9 Å². The minimum absolute atomic E-state index is 0.0790. The van der Waals surface area contributed by atoms with Crippen molar-refractivity contribution in [2.75, 3.05) is 5.32 Å². The third-order valence-electron chi connectivity index (χ3n) is 6.78. The van der Waals surface area contributed by atoms with Gasteiger partial charge in [0.2, 0.25) is 5.91 Å². The van der Waals surface area contributed by atoms with Crippen molar-refractivity contribution in [3.8, 4) is 0 Å². The molecule has 5 rings (SSSR count). The van der Waals surface area contributed by atoms with Crippen LogP contribution in [0.1, 0.15) is 43.6 Å². The number of carbonyl (C=O) groups is 1. The maximum absolute atomic E-state index is 12.5. The molecule has 1 N–H and O–H groups in total. The first kappa shape index (κ1) is 20.2. The molecule has 4 nitrogen and oxygen atoms in total. The number of halogens is 2. The quantitative estimate of drug-likeness (QED) is 0.311. The molecule has 2 heterocycles. The van der Waals surface area contributed by atoms with Crippen LogP contribution in [0.15, 0.2) is 48.8 Å². The van der Waals surface area contributed by atoms with Gasteiger partial charge in [-0.25, -0.2) is 4.98 Å². The molecule has 2 aliphatic rings. The van der Waals surface area contributed by atoms with Crippen molar-refractivity contribution < 1.29 is 4.79 Å². The lowest BCUT2D eigenvalue weighted by Crippen LogP contribution is -2.16. The molecule has 2 unspecified atom stereocenters. The van der Waals surface area contributed by atoms with Gasteiger partial charge >= 0.3 is 0 Å². The summed E-state index contributed by atoms with van der Waals surface area (Å²) in [5.74, 6) is 2.64. The second-order valence-corrected chi connectivity index (χ2v) is 10.3. The van der Waals surface area contributed by atoms with Gasteiger partial charge < -0.3 is 5.32 Å². The Kier molecular flexibility index (Phi) is 5.67. The highest BCUT2D eigenvalue weighted by Crippen LogP contribution is 2.53. The Labute approximate surface area is 195 Å². The highest BCUT2D eigenvalue weighted by Gasteiger charge is 2.42.